The van der Waals surface area contributed by atoms with Crippen molar-refractivity contribution >= 4 is 23.5 Å². The summed E-state index contributed by atoms with van der Waals surface area (Å²) in [5.74, 6) is -1.90. The number of carbonyl (C=O) groups excluding carboxylic acids is 3. The molecule has 8 nitrogen and oxygen atoms in total. The van der Waals surface area contributed by atoms with Crippen LogP contribution in [0.3, 0.4) is 0 Å². The van der Waals surface area contributed by atoms with Crippen molar-refractivity contribution in [1.29, 1.82) is 0 Å². The molecule has 2 rings (SSSR count). The quantitative estimate of drug-likeness (QED) is 0.348. The highest BCUT2D eigenvalue weighted by Gasteiger charge is 2.40. The number of fused-ring (bicyclic) bond motifs is 1. The summed E-state index contributed by atoms with van der Waals surface area (Å²) in [5.41, 5.74) is -0.631. The second-order valence-electron chi connectivity index (χ2n) is 4.06. The SMILES string of the molecule is CC(=O)OCCN1C(=O)c2cccc([N+](=O)[O-])c2C1=O. The molecule has 0 saturated carbocycles. The molecule has 0 bridgehead atoms. The zero-order valence-corrected chi connectivity index (χ0v) is 10.5. The summed E-state index contributed by atoms with van der Waals surface area (Å²) in [6, 6.07) is 3.87. The van der Waals surface area contributed by atoms with Gasteiger partial charge in [-0.2, -0.15) is 0 Å². The molecule has 0 spiro atoms. The van der Waals surface area contributed by atoms with Crippen LogP contribution in [0.4, 0.5) is 5.69 Å². The molecule has 0 atom stereocenters. The average molecular weight is 278 g/mol. The summed E-state index contributed by atoms with van der Waals surface area (Å²) in [6.07, 6.45) is 0. The minimum atomic E-state index is -0.746. The van der Waals surface area contributed by atoms with Crippen LogP contribution < -0.4 is 0 Å². The first kappa shape index (κ1) is 13.7. The summed E-state index contributed by atoms with van der Waals surface area (Å²) in [7, 11) is 0. The number of hydrogen-bond acceptors (Lipinski definition) is 6. The molecule has 0 saturated heterocycles. The van der Waals surface area contributed by atoms with E-state index in [0.29, 0.717) is 0 Å². The second kappa shape index (κ2) is 5.08. The van der Waals surface area contributed by atoms with E-state index in [0.717, 1.165) is 4.90 Å². The summed E-state index contributed by atoms with van der Waals surface area (Å²) in [6.45, 7) is 0.922. The number of carbonyl (C=O) groups is 3. The fraction of sp³-hybridized carbons (Fsp3) is 0.250. The van der Waals surface area contributed by atoms with Crippen molar-refractivity contribution in [3.63, 3.8) is 0 Å². The van der Waals surface area contributed by atoms with Crippen molar-refractivity contribution in [2.45, 2.75) is 6.92 Å². The summed E-state index contributed by atoms with van der Waals surface area (Å²) < 4.78 is 4.66. The van der Waals surface area contributed by atoms with E-state index < -0.39 is 28.4 Å². The zero-order valence-electron chi connectivity index (χ0n) is 10.5. The van der Waals surface area contributed by atoms with E-state index in [1.165, 1.54) is 25.1 Å². The van der Waals surface area contributed by atoms with E-state index in [2.05, 4.69) is 4.74 Å². The lowest BCUT2D eigenvalue weighted by Crippen LogP contribution is -2.33. The van der Waals surface area contributed by atoms with Crippen molar-refractivity contribution in [3.05, 3.63) is 39.4 Å². The highest BCUT2D eigenvalue weighted by atomic mass is 16.6. The monoisotopic (exact) mass is 278 g/mol. The largest absolute Gasteiger partial charge is 0.464 e. The molecule has 0 aromatic heterocycles. The molecule has 1 aromatic carbocycles. The molecule has 1 aliphatic rings. The topological polar surface area (TPSA) is 107 Å². The van der Waals surface area contributed by atoms with Gasteiger partial charge >= 0.3 is 5.97 Å². The number of hydrogen-bond donors (Lipinski definition) is 0. The Morgan fingerprint density at radius 2 is 2.05 bits per heavy atom. The molecule has 0 radical (unpaired) electrons. The molecule has 8 heteroatoms. The van der Waals surface area contributed by atoms with Crippen LogP contribution in [0.2, 0.25) is 0 Å². The lowest BCUT2D eigenvalue weighted by atomic mass is 10.1. The maximum absolute atomic E-state index is 12.1. The highest BCUT2D eigenvalue weighted by molar-refractivity contribution is 6.23. The minimum Gasteiger partial charge on any atom is -0.464 e. The predicted octanol–water partition coefficient (Wildman–Crippen LogP) is 0.754. The number of amides is 2. The van der Waals surface area contributed by atoms with E-state index >= 15 is 0 Å². The number of benzene rings is 1. The Bertz CT molecular complexity index is 624. The average Bonchev–Trinajstić information content (AvgIpc) is 2.63. The van der Waals surface area contributed by atoms with Gasteiger partial charge in [-0.3, -0.25) is 29.4 Å². The van der Waals surface area contributed by atoms with Gasteiger partial charge in [-0.05, 0) is 6.07 Å². The number of esters is 1. The number of nitro benzene ring substituents is 1. The van der Waals surface area contributed by atoms with Crippen molar-refractivity contribution in [1.82, 2.24) is 4.90 Å². The first-order valence-corrected chi connectivity index (χ1v) is 5.70. The zero-order chi connectivity index (χ0) is 14.9. The van der Waals surface area contributed by atoms with E-state index in [-0.39, 0.29) is 24.3 Å². The molecule has 1 aromatic rings. The maximum atomic E-state index is 12.1. The Hall–Kier alpha value is -2.77. The van der Waals surface area contributed by atoms with E-state index in [4.69, 9.17) is 0 Å². The van der Waals surface area contributed by atoms with Gasteiger partial charge in [0.1, 0.15) is 12.2 Å². The molecule has 0 N–H and O–H groups in total. The van der Waals surface area contributed by atoms with Crippen LogP contribution in [0, 0.1) is 10.1 Å². The third kappa shape index (κ3) is 2.22. The van der Waals surface area contributed by atoms with Crippen LogP contribution in [0.15, 0.2) is 18.2 Å². The Morgan fingerprint density at radius 3 is 2.65 bits per heavy atom. The van der Waals surface area contributed by atoms with E-state index in [9.17, 15) is 24.5 Å². The number of imide groups is 1. The van der Waals surface area contributed by atoms with Crippen molar-refractivity contribution in [3.8, 4) is 0 Å². The normalized spacial score (nSPS) is 13.3. The third-order valence-electron chi connectivity index (χ3n) is 2.79. The molecule has 104 valence electrons. The number of rotatable bonds is 4. The highest BCUT2D eigenvalue weighted by Crippen LogP contribution is 2.30. The molecule has 0 aliphatic carbocycles. The van der Waals surface area contributed by atoms with Gasteiger partial charge in [-0.25, -0.2) is 0 Å². The molecule has 1 aliphatic heterocycles. The number of ether oxygens (including phenoxy) is 1. The van der Waals surface area contributed by atoms with Gasteiger partial charge in [-0.15, -0.1) is 0 Å². The first-order chi connectivity index (χ1) is 9.43. The number of nitro groups is 1. The van der Waals surface area contributed by atoms with Gasteiger partial charge in [0, 0.05) is 13.0 Å². The van der Waals surface area contributed by atoms with Gasteiger partial charge < -0.3 is 4.74 Å². The fourth-order valence-corrected chi connectivity index (χ4v) is 1.95. The smallest absolute Gasteiger partial charge is 0.302 e. The van der Waals surface area contributed by atoms with Gasteiger partial charge in [0.15, 0.2) is 0 Å². The molecule has 1 heterocycles. The van der Waals surface area contributed by atoms with Crippen LogP contribution in [-0.4, -0.2) is 40.8 Å². The second-order valence-corrected chi connectivity index (χ2v) is 4.06. The molecular weight excluding hydrogens is 268 g/mol. The van der Waals surface area contributed by atoms with Crippen LogP contribution >= 0.6 is 0 Å². The fourth-order valence-electron chi connectivity index (χ4n) is 1.95. The van der Waals surface area contributed by atoms with E-state index in [1.54, 1.807) is 0 Å². The third-order valence-corrected chi connectivity index (χ3v) is 2.79. The van der Waals surface area contributed by atoms with Gasteiger partial charge in [0.25, 0.3) is 17.5 Å². The van der Waals surface area contributed by atoms with Crippen LogP contribution in [-0.2, 0) is 9.53 Å². The van der Waals surface area contributed by atoms with Crippen LogP contribution in [0.25, 0.3) is 0 Å². The molecular formula is C12H10N2O6. The van der Waals surface area contributed by atoms with Crippen LogP contribution in [0.5, 0.6) is 0 Å². The van der Waals surface area contributed by atoms with Crippen molar-refractivity contribution in [2.75, 3.05) is 13.2 Å². The van der Waals surface area contributed by atoms with Gasteiger partial charge in [-0.1, -0.05) is 6.07 Å². The Morgan fingerprint density at radius 1 is 1.35 bits per heavy atom. The van der Waals surface area contributed by atoms with Crippen LogP contribution in [0.1, 0.15) is 27.6 Å². The maximum Gasteiger partial charge on any atom is 0.302 e. The lowest BCUT2D eigenvalue weighted by molar-refractivity contribution is -0.385. The van der Waals surface area contributed by atoms with Crippen molar-refractivity contribution < 1.29 is 24.0 Å². The molecule has 0 fully saturated rings. The lowest BCUT2D eigenvalue weighted by Gasteiger charge is -2.12. The Balaban J connectivity index is 2.28. The van der Waals surface area contributed by atoms with Gasteiger partial charge in [0.05, 0.1) is 17.0 Å². The molecule has 2 amide bonds. The Kier molecular flexibility index (Phi) is 3.47. The van der Waals surface area contributed by atoms with E-state index in [1.807, 2.05) is 0 Å². The summed E-state index contributed by atoms with van der Waals surface area (Å²) >= 11 is 0. The standard InChI is InChI=1S/C12H10N2O6/c1-7(15)20-6-5-13-11(16)8-3-2-4-9(14(18)19)10(8)12(13)17/h2-4H,5-6H2,1H3. The first-order valence-electron chi connectivity index (χ1n) is 5.70. The molecule has 0 unspecified atom stereocenters. The predicted molar refractivity (Wildman–Crippen MR) is 65.1 cm³/mol. The number of nitrogens with zero attached hydrogens (tertiary/aromatic N) is 2. The Labute approximate surface area is 113 Å². The minimum absolute atomic E-state index is 0.00738. The summed E-state index contributed by atoms with van der Waals surface area (Å²) in [4.78, 5) is 45.7. The van der Waals surface area contributed by atoms with Crippen molar-refractivity contribution in [2.24, 2.45) is 0 Å². The molecule has 20 heavy (non-hydrogen) atoms. The van der Waals surface area contributed by atoms with Gasteiger partial charge in [0.2, 0.25) is 0 Å². The summed E-state index contributed by atoms with van der Waals surface area (Å²) in [5, 5.41) is 10.9.